The van der Waals surface area contributed by atoms with Crippen LogP contribution in [0.1, 0.15) is 58.3 Å². The Morgan fingerprint density at radius 1 is 1.09 bits per heavy atom. The molecule has 0 unspecified atom stereocenters. The molecule has 1 saturated heterocycles. The highest BCUT2D eigenvalue weighted by Crippen LogP contribution is 2.70. The third-order valence-electron chi connectivity index (χ3n) is 8.33. The molecular formula is C19H24O4. The molecule has 4 aliphatic carbocycles. The summed E-state index contributed by atoms with van der Waals surface area (Å²) in [5, 5.41) is 0. The summed E-state index contributed by atoms with van der Waals surface area (Å²) in [7, 11) is 0. The Hall–Kier alpha value is -1.03. The van der Waals surface area contributed by atoms with Crippen molar-refractivity contribution in [3.8, 4) is 0 Å². The molecule has 4 saturated carbocycles. The second-order valence-electron chi connectivity index (χ2n) is 8.81. The van der Waals surface area contributed by atoms with Crippen molar-refractivity contribution in [1.29, 1.82) is 0 Å². The van der Waals surface area contributed by atoms with Crippen LogP contribution in [0.25, 0.3) is 0 Å². The smallest absolute Gasteiger partial charge is 0.168 e. The summed E-state index contributed by atoms with van der Waals surface area (Å²) in [5.41, 5.74) is -1.65. The van der Waals surface area contributed by atoms with Gasteiger partial charge in [-0.2, -0.15) is 0 Å². The zero-order chi connectivity index (χ0) is 16.0. The number of carbonyl (C=O) groups is 3. The average Bonchev–Trinajstić information content (AvgIpc) is 3.22. The fraction of sp³-hybridized carbons (Fsp3) is 0.842. The van der Waals surface area contributed by atoms with Crippen molar-refractivity contribution < 1.29 is 19.1 Å². The average molecular weight is 316 g/mol. The summed E-state index contributed by atoms with van der Waals surface area (Å²) < 4.78 is 5.93. The second kappa shape index (κ2) is 4.14. The standard InChI is InChI=1S/C19H24O4/c1-17-8-6-13-11(12(17)4-5-14(17)21)9-15(22)19-16(23-19)3-2-7-18(13,19)10-20/h10-13,16H,2-9H2,1H3/t11-,12-,13-,16-,17-,18-,19-/m0/s1. The van der Waals surface area contributed by atoms with Crippen LogP contribution in [-0.4, -0.2) is 29.6 Å². The Morgan fingerprint density at radius 2 is 1.91 bits per heavy atom. The molecule has 0 aromatic heterocycles. The number of fused-ring (bicyclic) bond motifs is 4. The van der Waals surface area contributed by atoms with E-state index in [-0.39, 0.29) is 35.1 Å². The van der Waals surface area contributed by atoms with Gasteiger partial charge in [0.15, 0.2) is 11.4 Å². The van der Waals surface area contributed by atoms with E-state index < -0.39 is 11.0 Å². The highest BCUT2D eigenvalue weighted by Gasteiger charge is 2.80. The van der Waals surface area contributed by atoms with E-state index >= 15 is 0 Å². The topological polar surface area (TPSA) is 63.7 Å². The van der Waals surface area contributed by atoms with Crippen LogP contribution < -0.4 is 0 Å². The van der Waals surface area contributed by atoms with Crippen LogP contribution in [0.15, 0.2) is 0 Å². The minimum absolute atomic E-state index is 0.0200. The van der Waals surface area contributed by atoms with E-state index in [0.717, 1.165) is 44.8 Å². The summed E-state index contributed by atoms with van der Waals surface area (Å²) in [6.45, 7) is 2.10. The summed E-state index contributed by atoms with van der Waals surface area (Å²) in [6, 6.07) is 0. The molecule has 0 aromatic rings. The molecule has 1 heterocycles. The summed E-state index contributed by atoms with van der Waals surface area (Å²) >= 11 is 0. The number of aldehydes is 1. The first-order valence-corrected chi connectivity index (χ1v) is 9.20. The molecular weight excluding hydrogens is 292 g/mol. The number of hydrogen-bond donors (Lipinski definition) is 0. The number of ether oxygens (including phenoxy) is 1. The lowest BCUT2D eigenvalue weighted by molar-refractivity contribution is -0.162. The molecule has 1 spiro atoms. The van der Waals surface area contributed by atoms with E-state index in [1.807, 2.05) is 0 Å². The van der Waals surface area contributed by atoms with Crippen molar-refractivity contribution in [2.45, 2.75) is 70.0 Å². The highest BCUT2D eigenvalue weighted by atomic mass is 16.6. The predicted molar refractivity (Wildman–Crippen MR) is 81.6 cm³/mol. The quantitative estimate of drug-likeness (QED) is 0.551. The van der Waals surface area contributed by atoms with Crippen molar-refractivity contribution in [3.63, 3.8) is 0 Å². The fourth-order valence-electron chi connectivity index (χ4n) is 7.18. The minimum Gasteiger partial charge on any atom is -0.357 e. The summed E-state index contributed by atoms with van der Waals surface area (Å²) in [4.78, 5) is 37.7. The third kappa shape index (κ3) is 1.38. The lowest BCUT2D eigenvalue weighted by atomic mass is 9.44. The molecule has 0 N–H and O–H groups in total. The molecule has 4 heteroatoms. The van der Waals surface area contributed by atoms with Gasteiger partial charge >= 0.3 is 0 Å². The van der Waals surface area contributed by atoms with Crippen molar-refractivity contribution in [1.82, 2.24) is 0 Å². The van der Waals surface area contributed by atoms with E-state index in [1.165, 1.54) is 0 Å². The number of hydrogen-bond acceptors (Lipinski definition) is 4. The predicted octanol–water partition coefficient (Wildman–Crippen LogP) is 2.48. The maximum Gasteiger partial charge on any atom is 0.168 e. The summed E-state index contributed by atoms with van der Waals surface area (Å²) in [6.07, 6.45) is 7.58. The molecule has 7 atom stereocenters. The fourth-order valence-corrected chi connectivity index (χ4v) is 7.18. The van der Waals surface area contributed by atoms with Gasteiger partial charge in [0.25, 0.3) is 0 Å². The van der Waals surface area contributed by atoms with Gasteiger partial charge in [0.05, 0.1) is 11.5 Å². The normalized spacial score (nSPS) is 57.1. The Morgan fingerprint density at radius 3 is 2.70 bits per heavy atom. The van der Waals surface area contributed by atoms with Gasteiger partial charge < -0.3 is 9.53 Å². The first kappa shape index (κ1) is 14.3. The van der Waals surface area contributed by atoms with Crippen LogP contribution >= 0.6 is 0 Å². The monoisotopic (exact) mass is 316 g/mol. The maximum absolute atomic E-state index is 13.0. The van der Waals surface area contributed by atoms with Gasteiger partial charge in [-0.3, -0.25) is 9.59 Å². The molecule has 0 bridgehead atoms. The van der Waals surface area contributed by atoms with Gasteiger partial charge in [0, 0.05) is 18.3 Å². The third-order valence-corrected chi connectivity index (χ3v) is 8.33. The summed E-state index contributed by atoms with van der Waals surface area (Å²) in [5.74, 6) is 1.24. The molecule has 4 nitrogen and oxygen atoms in total. The van der Waals surface area contributed by atoms with E-state index in [1.54, 1.807) is 0 Å². The van der Waals surface area contributed by atoms with Crippen molar-refractivity contribution in [2.24, 2.45) is 28.6 Å². The SMILES string of the molecule is C[C@]12CC[C@H]3[C@@H](CC(=O)[C@]45O[C@H]4CCC[C@]35C=O)[C@@H]1CCC2=O. The van der Waals surface area contributed by atoms with Crippen LogP contribution in [0.5, 0.6) is 0 Å². The van der Waals surface area contributed by atoms with Gasteiger partial charge in [-0.25, -0.2) is 0 Å². The van der Waals surface area contributed by atoms with Gasteiger partial charge in [-0.1, -0.05) is 6.92 Å². The number of epoxide rings is 1. The van der Waals surface area contributed by atoms with Crippen molar-refractivity contribution >= 4 is 17.9 Å². The zero-order valence-electron chi connectivity index (χ0n) is 13.7. The van der Waals surface area contributed by atoms with Gasteiger partial charge in [0.2, 0.25) is 0 Å². The molecule has 0 radical (unpaired) electrons. The van der Waals surface area contributed by atoms with Gasteiger partial charge in [-0.05, 0) is 56.3 Å². The Bertz CT molecular complexity index is 627. The van der Waals surface area contributed by atoms with E-state index in [2.05, 4.69) is 6.92 Å². The molecule has 0 aromatic carbocycles. The number of ketones is 2. The largest absolute Gasteiger partial charge is 0.357 e. The van der Waals surface area contributed by atoms with Crippen LogP contribution in [0.3, 0.4) is 0 Å². The number of Topliss-reactive ketones (excluding diaryl/α,β-unsaturated/α-hetero) is 2. The Labute approximate surface area is 136 Å². The molecule has 0 amide bonds. The van der Waals surface area contributed by atoms with E-state index in [4.69, 9.17) is 4.74 Å². The molecule has 5 fully saturated rings. The van der Waals surface area contributed by atoms with Crippen molar-refractivity contribution in [2.75, 3.05) is 0 Å². The lowest BCUT2D eigenvalue weighted by Gasteiger charge is -2.56. The minimum atomic E-state index is -0.787. The maximum atomic E-state index is 13.0. The lowest BCUT2D eigenvalue weighted by Crippen LogP contribution is -2.63. The van der Waals surface area contributed by atoms with Crippen LogP contribution in [0, 0.1) is 28.6 Å². The highest BCUT2D eigenvalue weighted by molar-refractivity contribution is 5.97. The van der Waals surface area contributed by atoms with Crippen LogP contribution in [-0.2, 0) is 19.1 Å². The first-order valence-electron chi connectivity index (χ1n) is 9.20. The number of rotatable bonds is 1. The molecule has 5 rings (SSSR count). The van der Waals surface area contributed by atoms with Gasteiger partial charge in [0.1, 0.15) is 12.1 Å². The Kier molecular flexibility index (Phi) is 2.58. The van der Waals surface area contributed by atoms with Crippen LogP contribution in [0.2, 0.25) is 0 Å². The zero-order valence-corrected chi connectivity index (χ0v) is 13.7. The Balaban J connectivity index is 1.60. The number of carbonyl (C=O) groups excluding carboxylic acids is 3. The molecule has 124 valence electrons. The first-order chi connectivity index (χ1) is 11.0. The van der Waals surface area contributed by atoms with E-state index in [0.29, 0.717) is 18.6 Å². The van der Waals surface area contributed by atoms with Crippen molar-refractivity contribution in [3.05, 3.63) is 0 Å². The molecule has 23 heavy (non-hydrogen) atoms. The molecule has 5 aliphatic rings. The van der Waals surface area contributed by atoms with Gasteiger partial charge in [-0.15, -0.1) is 0 Å². The van der Waals surface area contributed by atoms with Crippen LogP contribution in [0.4, 0.5) is 0 Å². The molecule has 1 aliphatic heterocycles. The second-order valence-corrected chi connectivity index (χ2v) is 8.81. The van der Waals surface area contributed by atoms with E-state index in [9.17, 15) is 14.4 Å².